The fourth-order valence-corrected chi connectivity index (χ4v) is 5.67. The molecular formula is C26H29ClN6O2. The highest BCUT2D eigenvalue weighted by Gasteiger charge is 2.43. The summed E-state index contributed by atoms with van der Waals surface area (Å²) < 4.78 is 7.56. The Kier molecular flexibility index (Phi) is 5.82. The number of aromatic nitrogens is 4. The van der Waals surface area contributed by atoms with E-state index in [0.29, 0.717) is 30.7 Å². The molecule has 0 aliphatic carbocycles. The summed E-state index contributed by atoms with van der Waals surface area (Å²) in [6.07, 6.45) is 6.20. The van der Waals surface area contributed by atoms with Crippen LogP contribution >= 0.6 is 11.6 Å². The number of carbonyl (C=O) groups is 1. The molecule has 0 unspecified atom stereocenters. The van der Waals surface area contributed by atoms with Gasteiger partial charge in [0.05, 0.1) is 19.8 Å². The average Bonchev–Trinajstić information content (AvgIpc) is 3.38. The molecule has 0 spiro atoms. The summed E-state index contributed by atoms with van der Waals surface area (Å²) >= 11 is 6.40. The molecule has 3 aliphatic rings. The van der Waals surface area contributed by atoms with E-state index in [1.54, 1.807) is 11.2 Å². The average molecular weight is 493 g/mol. The van der Waals surface area contributed by atoms with Gasteiger partial charge in [-0.15, -0.1) is 10.2 Å². The number of benzene rings is 1. The van der Waals surface area contributed by atoms with Gasteiger partial charge in [0, 0.05) is 31.0 Å². The van der Waals surface area contributed by atoms with E-state index in [9.17, 15) is 4.79 Å². The second-order valence-electron chi connectivity index (χ2n) is 10.1. The molecule has 2 fully saturated rings. The second kappa shape index (κ2) is 9.00. The highest BCUT2D eigenvalue weighted by atomic mass is 35.5. The lowest BCUT2D eigenvalue weighted by atomic mass is 9.75. The third-order valence-corrected chi connectivity index (χ3v) is 7.75. The van der Waals surface area contributed by atoms with Crippen LogP contribution in [0.25, 0.3) is 0 Å². The molecular weight excluding hydrogens is 464 g/mol. The van der Waals surface area contributed by atoms with Crippen molar-refractivity contribution in [1.82, 2.24) is 24.6 Å². The molecule has 0 bridgehead atoms. The molecule has 1 aromatic carbocycles. The van der Waals surface area contributed by atoms with Crippen LogP contribution in [0.3, 0.4) is 0 Å². The second-order valence-corrected chi connectivity index (χ2v) is 10.5. The van der Waals surface area contributed by atoms with Gasteiger partial charge in [-0.25, -0.2) is 4.98 Å². The predicted molar refractivity (Wildman–Crippen MR) is 133 cm³/mol. The van der Waals surface area contributed by atoms with Crippen molar-refractivity contribution < 1.29 is 9.53 Å². The first-order chi connectivity index (χ1) is 17.0. The normalized spacial score (nSPS) is 19.6. The van der Waals surface area contributed by atoms with Gasteiger partial charge in [-0.1, -0.05) is 30.2 Å². The van der Waals surface area contributed by atoms with Crippen molar-refractivity contribution in [2.45, 2.75) is 44.2 Å². The van der Waals surface area contributed by atoms with Crippen molar-refractivity contribution in [3.8, 4) is 0 Å². The first kappa shape index (κ1) is 22.6. The molecule has 8 nitrogen and oxygen atoms in total. The maximum Gasteiger partial charge on any atom is 0.260 e. The van der Waals surface area contributed by atoms with Crippen LogP contribution in [0.15, 0.2) is 36.7 Å². The SMILES string of the molecule is Cn1cnnc1CC1(c2ccc3c(c2)C(=O)N(c2cc(CN4CCCCC4)cc(Cl)n2)C3)COC1. The number of pyridine rings is 1. The van der Waals surface area contributed by atoms with Crippen molar-refractivity contribution >= 4 is 23.3 Å². The first-order valence-corrected chi connectivity index (χ1v) is 12.6. The van der Waals surface area contributed by atoms with Crippen LogP contribution in [0.5, 0.6) is 0 Å². The lowest BCUT2D eigenvalue weighted by molar-refractivity contribution is -0.0611. The summed E-state index contributed by atoms with van der Waals surface area (Å²) in [6, 6.07) is 10.2. The molecule has 3 aromatic rings. The monoisotopic (exact) mass is 492 g/mol. The maximum atomic E-state index is 13.5. The number of fused-ring (bicyclic) bond motifs is 1. The van der Waals surface area contributed by atoms with E-state index in [2.05, 4.69) is 32.2 Å². The van der Waals surface area contributed by atoms with Crippen LogP contribution < -0.4 is 4.90 Å². The van der Waals surface area contributed by atoms with Crippen molar-refractivity contribution in [1.29, 1.82) is 0 Å². The summed E-state index contributed by atoms with van der Waals surface area (Å²) in [5.41, 5.74) is 3.74. The largest absolute Gasteiger partial charge is 0.379 e. The van der Waals surface area contributed by atoms with E-state index in [0.717, 1.165) is 54.1 Å². The Morgan fingerprint density at radius 3 is 2.66 bits per heavy atom. The molecule has 182 valence electrons. The molecule has 5 heterocycles. The zero-order valence-electron chi connectivity index (χ0n) is 19.9. The number of hydrogen-bond donors (Lipinski definition) is 0. The molecule has 3 aliphatic heterocycles. The molecule has 1 amide bonds. The van der Waals surface area contributed by atoms with Gasteiger partial charge in [0.2, 0.25) is 0 Å². The van der Waals surface area contributed by atoms with Crippen LogP contribution in [0, 0.1) is 0 Å². The van der Waals surface area contributed by atoms with Crippen molar-refractivity contribution in [3.05, 3.63) is 69.9 Å². The smallest absolute Gasteiger partial charge is 0.260 e. The Morgan fingerprint density at radius 2 is 1.94 bits per heavy atom. The first-order valence-electron chi connectivity index (χ1n) is 12.3. The van der Waals surface area contributed by atoms with Gasteiger partial charge in [-0.2, -0.15) is 0 Å². The highest BCUT2D eigenvalue weighted by Crippen LogP contribution is 2.38. The van der Waals surface area contributed by atoms with Crippen molar-refractivity contribution in [3.63, 3.8) is 0 Å². The fourth-order valence-electron chi connectivity index (χ4n) is 5.44. The summed E-state index contributed by atoms with van der Waals surface area (Å²) in [5.74, 6) is 1.49. The van der Waals surface area contributed by atoms with Gasteiger partial charge < -0.3 is 9.30 Å². The highest BCUT2D eigenvalue weighted by molar-refractivity contribution is 6.29. The minimum absolute atomic E-state index is 0.0328. The molecule has 2 aromatic heterocycles. The Bertz CT molecular complexity index is 1260. The van der Waals surface area contributed by atoms with E-state index in [1.165, 1.54) is 19.3 Å². The number of aryl methyl sites for hydroxylation is 1. The van der Waals surface area contributed by atoms with E-state index >= 15 is 0 Å². The molecule has 9 heteroatoms. The number of ether oxygens (including phenoxy) is 1. The van der Waals surface area contributed by atoms with Gasteiger partial charge in [0.25, 0.3) is 5.91 Å². The minimum Gasteiger partial charge on any atom is -0.379 e. The van der Waals surface area contributed by atoms with Crippen LogP contribution in [0.4, 0.5) is 5.82 Å². The van der Waals surface area contributed by atoms with E-state index < -0.39 is 0 Å². The Balaban J connectivity index is 1.25. The number of amides is 1. The molecule has 0 atom stereocenters. The Hall–Kier alpha value is -2.81. The summed E-state index contributed by atoms with van der Waals surface area (Å²) in [7, 11) is 1.95. The quantitative estimate of drug-likeness (QED) is 0.490. The van der Waals surface area contributed by atoms with Gasteiger partial charge in [0.15, 0.2) is 0 Å². The third-order valence-electron chi connectivity index (χ3n) is 7.56. The molecule has 0 saturated carbocycles. The number of nitrogens with zero attached hydrogens (tertiary/aromatic N) is 6. The van der Waals surface area contributed by atoms with Crippen LogP contribution in [0.1, 0.15) is 52.1 Å². The number of piperidine rings is 1. The van der Waals surface area contributed by atoms with Crippen LogP contribution in [0.2, 0.25) is 5.15 Å². The van der Waals surface area contributed by atoms with Crippen LogP contribution in [-0.2, 0) is 36.7 Å². The minimum atomic E-state index is -0.195. The number of anilines is 1. The van der Waals surface area contributed by atoms with E-state index in [-0.39, 0.29) is 11.3 Å². The van der Waals surface area contributed by atoms with Crippen LogP contribution in [-0.4, -0.2) is 56.9 Å². The zero-order chi connectivity index (χ0) is 24.0. The maximum absolute atomic E-state index is 13.5. The fraction of sp³-hybridized carbons (Fsp3) is 0.462. The summed E-state index contributed by atoms with van der Waals surface area (Å²) in [4.78, 5) is 22.2. The van der Waals surface area contributed by atoms with Gasteiger partial charge in [-0.3, -0.25) is 14.6 Å². The molecule has 6 rings (SSSR count). The van der Waals surface area contributed by atoms with E-state index in [1.807, 2.05) is 29.8 Å². The number of rotatable bonds is 6. The number of likely N-dealkylation sites (tertiary alicyclic amines) is 1. The lowest BCUT2D eigenvalue weighted by Gasteiger charge is -2.41. The lowest BCUT2D eigenvalue weighted by Crippen LogP contribution is -2.49. The molecule has 0 N–H and O–H groups in total. The van der Waals surface area contributed by atoms with Crippen molar-refractivity contribution in [2.75, 3.05) is 31.2 Å². The summed E-state index contributed by atoms with van der Waals surface area (Å²) in [6.45, 7) is 4.74. The summed E-state index contributed by atoms with van der Waals surface area (Å²) in [5, 5.41) is 8.70. The van der Waals surface area contributed by atoms with E-state index in [4.69, 9.17) is 16.3 Å². The van der Waals surface area contributed by atoms with Gasteiger partial charge in [0.1, 0.15) is 23.1 Å². The van der Waals surface area contributed by atoms with Gasteiger partial charge in [-0.05, 0) is 60.8 Å². The Labute approximate surface area is 209 Å². The van der Waals surface area contributed by atoms with Gasteiger partial charge >= 0.3 is 0 Å². The topological polar surface area (TPSA) is 76.4 Å². The van der Waals surface area contributed by atoms with Crippen molar-refractivity contribution in [2.24, 2.45) is 7.05 Å². The molecule has 2 saturated heterocycles. The zero-order valence-corrected chi connectivity index (χ0v) is 20.7. The molecule has 35 heavy (non-hydrogen) atoms. The standard InChI is InChI=1S/C26H29ClN6O2/c1-31-17-28-30-24(31)12-26(15-35-16-26)20-6-5-19-14-33(25(34)21(19)11-20)23-10-18(9-22(27)29-23)13-32-7-3-2-4-8-32/h5-6,9-11,17H,2-4,7-8,12-16H2,1H3. The molecule has 0 radical (unpaired) electrons. The number of halogens is 1. The Morgan fingerprint density at radius 1 is 1.11 bits per heavy atom. The number of hydrogen-bond acceptors (Lipinski definition) is 6. The predicted octanol–water partition coefficient (Wildman–Crippen LogP) is 3.52. The number of carbonyl (C=O) groups excluding carboxylic acids is 1. The third kappa shape index (κ3) is 4.24.